The number of hydrogen-bond acceptors (Lipinski definition) is 4. The van der Waals surface area contributed by atoms with Crippen LogP contribution in [0.1, 0.15) is 24.1 Å². The van der Waals surface area contributed by atoms with E-state index in [-0.39, 0.29) is 0 Å². The lowest BCUT2D eigenvalue weighted by Crippen LogP contribution is -2.43. The molecule has 3 aromatic rings. The lowest BCUT2D eigenvalue weighted by atomic mass is 9.80. The molecule has 150 valence electrons. The average molecular weight is 389 g/mol. The van der Waals surface area contributed by atoms with Gasteiger partial charge in [0.15, 0.2) is 0 Å². The highest BCUT2D eigenvalue weighted by molar-refractivity contribution is 5.70. The molecule has 0 aliphatic heterocycles. The molecule has 0 saturated heterocycles. The Bertz CT molecular complexity index is 952. The summed E-state index contributed by atoms with van der Waals surface area (Å²) < 4.78 is 5.86. The molecule has 0 radical (unpaired) electrons. The van der Waals surface area contributed by atoms with E-state index in [2.05, 4.69) is 47.3 Å². The third kappa shape index (κ3) is 4.43. The Balaban J connectivity index is 1.47. The van der Waals surface area contributed by atoms with E-state index in [1.165, 1.54) is 5.69 Å². The number of aliphatic hydroxyl groups excluding tert-OH is 1. The molecule has 0 bridgehead atoms. The first-order chi connectivity index (χ1) is 14.1. The van der Waals surface area contributed by atoms with Gasteiger partial charge in [0.25, 0.3) is 0 Å². The summed E-state index contributed by atoms with van der Waals surface area (Å²) in [7, 11) is 2.14. The van der Waals surface area contributed by atoms with Crippen LogP contribution in [0.4, 0.5) is 5.69 Å². The second kappa shape index (κ2) is 8.66. The molecule has 1 fully saturated rings. The molecule has 0 spiro atoms. The lowest BCUT2D eigenvalue weighted by Gasteiger charge is -2.41. The zero-order valence-electron chi connectivity index (χ0n) is 17.1. The van der Waals surface area contributed by atoms with Gasteiger partial charge >= 0.3 is 0 Å². The summed E-state index contributed by atoms with van der Waals surface area (Å²) in [4.78, 5) is 6.99. The molecule has 1 N–H and O–H groups in total. The number of hydrogen-bond donors (Lipinski definition) is 1. The van der Waals surface area contributed by atoms with Crippen molar-refractivity contribution in [3.63, 3.8) is 0 Å². The highest BCUT2D eigenvalue weighted by atomic mass is 16.5. The number of pyridine rings is 1. The fourth-order valence-electron chi connectivity index (χ4n) is 3.92. The topological polar surface area (TPSA) is 45.6 Å². The van der Waals surface area contributed by atoms with Crippen molar-refractivity contribution in [1.82, 2.24) is 4.98 Å². The molecular formula is C25H28N2O2. The minimum atomic E-state index is 0.300. The summed E-state index contributed by atoms with van der Waals surface area (Å²) in [5.41, 5.74) is 5.57. The summed E-state index contributed by atoms with van der Waals surface area (Å²) in [5, 5.41) is 9.27. The van der Waals surface area contributed by atoms with Crippen molar-refractivity contribution < 1.29 is 9.84 Å². The van der Waals surface area contributed by atoms with E-state index in [0.717, 1.165) is 35.2 Å². The summed E-state index contributed by atoms with van der Waals surface area (Å²) in [6.07, 6.45) is 2.12. The molecule has 1 saturated carbocycles. The number of ether oxygens (including phenoxy) is 1. The van der Waals surface area contributed by atoms with Gasteiger partial charge in [-0.05, 0) is 55.0 Å². The van der Waals surface area contributed by atoms with Gasteiger partial charge in [0.2, 0.25) is 5.88 Å². The first-order valence-electron chi connectivity index (χ1n) is 10.2. The quantitative estimate of drug-likeness (QED) is 0.629. The Hall–Kier alpha value is -2.85. The van der Waals surface area contributed by atoms with Crippen LogP contribution in [0.25, 0.3) is 11.1 Å². The van der Waals surface area contributed by atoms with Crippen molar-refractivity contribution in [1.29, 1.82) is 0 Å². The van der Waals surface area contributed by atoms with Crippen LogP contribution in [0.15, 0.2) is 66.7 Å². The molecule has 29 heavy (non-hydrogen) atoms. The standard InChI is InChI=1S/C25H28N2O2/c1-18-24(11-12-25(26-18)29-17-19-7-4-3-5-8-19)21-9-6-10-22(15-21)27(2)23-13-20(14-23)16-28/h3-12,15,20,23,28H,13-14,16-17H2,1-2H3. The van der Waals surface area contributed by atoms with E-state index in [1.54, 1.807) is 0 Å². The number of rotatable bonds is 7. The van der Waals surface area contributed by atoms with Gasteiger partial charge in [0.05, 0.1) is 0 Å². The zero-order valence-corrected chi connectivity index (χ0v) is 17.1. The van der Waals surface area contributed by atoms with Gasteiger partial charge in [0, 0.05) is 42.7 Å². The van der Waals surface area contributed by atoms with Crippen LogP contribution in [0.3, 0.4) is 0 Å². The van der Waals surface area contributed by atoms with Gasteiger partial charge < -0.3 is 14.7 Å². The number of aryl methyl sites for hydroxylation is 1. The molecule has 4 nitrogen and oxygen atoms in total. The number of aliphatic hydroxyl groups is 1. The highest BCUT2D eigenvalue weighted by Crippen LogP contribution is 2.35. The molecule has 1 aromatic heterocycles. The Morgan fingerprint density at radius 3 is 2.55 bits per heavy atom. The third-order valence-corrected chi connectivity index (χ3v) is 5.87. The van der Waals surface area contributed by atoms with E-state index in [0.29, 0.717) is 31.1 Å². The molecule has 1 aliphatic carbocycles. The molecule has 1 heterocycles. The third-order valence-electron chi connectivity index (χ3n) is 5.87. The first kappa shape index (κ1) is 19.5. The average Bonchev–Trinajstić information content (AvgIpc) is 2.72. The van der Waals surface area contributed by atoms with Gasteiger partial charge in [0.1, 0.15) is 6.61 Å². The van der Waals surface area contributed by atoms with Crippen molar-refractivity contribution >= 4 is 5.69 Å². The Morgan fingerprint density at radius 2 is 1.83 bits per heavy atom. The molecule has 0 atom stereocenters. The van der Waals surface area contributed by atoms with Crippen LogP contribution in [-0.4, -0.2) is 29.8 Å². The number of anilines is 1. The van der Waals surface area contributed by atoms with Gasteiger partial charge in [-0.2, -0.15) is 0 Å². The molecule has 1 aliphatic rings. The molecule has 0 unspecified atom stereocenters. The van der Waals surface area contributed by atoms with Crippen molar-refractivity contribution in [3.8, 4) is 17.0 Å². The van der Waals surface area contributed by atoms with E-state index >= 15 is 0 Å². The van der Waals surface area contributed by atoms with E-state index in [4.69, 9.17) is 4.74 Å². The number of aromatic nitrogens is 1. The summed E-state index contributed by atoms with van der Waals surface area (Å²) in [6.45, 7) is 2.84. The normalized spacial score (nSPS) is 18.2. The van der Waals surface area contributed by atoms with Crippen LogP contribution in [-0.2, 0) is 6.61 Å². The van der Waals surface area contributed by atoms with Gasteiger partial charge in [-0.1, -0.05) is 42.5 Å². The van der Waals surface area contributed by atoms with Crippen molar-refractivity contribution in [2.75, 3.05) is 18.6 Å². The van der Waals surface area contributed by atoms with E-state index < -0.39 is 0 Å². The SMILES string of the molecule is Cc1nc(OCc2ccccc2)ccc1-c1cccc(N(C)C2CC(CO)C2)c1. The fourth-order valence-corrected chi connectivity index (χ4v) is 3.92. The van der Waals surface area contributed by atoms with Crippen LogP contribution in [0.5, 0.6) is 5.88 Å². The van der Waals surface area contributed by atoms with Crippen molar-refractivity contribution in [2.24, 2.45) is 5.92 Å². The molecule has 4 rings (SSSR count). The number of nitrogens with zero attached hydrogens (tertiary/aromatic N) is 2. The van der Waals surface area contributed by atoms with Gasteiger partial charge in [-0.15, -0.1) is 0 Å². The molecule has 0 amide bonds. The van der Waals surface area contributed by atoms with E-state index in [9.17, 15) is 5.11 Å². The monoisotopic (exact) mass is 388 g/mol. The van der Waals surface area contributed by atoms with Crippen LogP contribution in [0, 0.1) is 12.8 Å². The first-order valence-corrected chi connectivity index (χ1v) is 10.2. The molecule has 2 aromatic carbocycles. The summed E-state index contributed by atoms with van der Waals surface area (Å²) in [5.74, 6) is 1.10. The van der Waals surface area contributed by atoms with Gasteiger partial charge in [-0.3, -0.25) is 0 Å². The van der Waals surface area contributed by atoms with Crippen LogP contribution >= 0.6 is 0 Å². The van der Waals surface area contributed by atoms with Crippen LogP contribution < -0.4 is 9.64 Å². The van der Waals surface area contributed by atoms with Crippen molar-refractivity contribution in [3.05, 3.63) is 78.0 Å². The predicted octanol–water partition coefficient (Wildman–Crippen LogP) is 4.84. The second-order valence-corrected chi connectivity index (χ2v) is 7.89. The summed E-state index contributed by atoms with van der Waals surface area (Å²) in [6, 6.07) is 23.3. The fraction of sp³-hybridized carbons (Fsp3) is 0.320. The lowest BCUT2D eigenvalue weighted by molar-refractivity contribution is 0.142. The molecule has 4 heteroatoms. The van der Waals surface area contributed by atoms with Crippen LogP contribution in [0.2, 0.25) is 0 Å². The second-order valence-electron chi connectivity index (χ2n) is 7.89. The van der Waals surface area contributed by atoms with Gasteiger partial charge in [-0.25, -0.2) is 4.98 Å². The largest absolute Gasteiger partial charge is 0.473 e. The molecular weight excluding hydrogens is 360 g/mol. The predicted molar refractivity (Wildman–Crippen MR) is 117 cm³/mol. The Labute approximate surface area is 172 Å². The maximum atomic E-state index is 9.27. The Kier molecular flexibility index (Phi) is 5.81. The maximum absolute atomic E-state index is 9.27. The summed E-state index contributed by atoms with van der Waals surface area (Å²) >= 11 is 0. The number of benzene rings is 2. The maximum Gasteiger partial charge on any atom is 0.213 e. The highest BCUT2D eigenvalue weighted by Gasteiger charge is 2.31. The van der Waals surface area contributed by atoms with Crippen molar-refractivity contribution in [2.45, 2.75) is 32.4 Å². The smallest absolute Gasteiger partial charge is 0.213 e. The zero-order chi connectivity index (χ0) is 20.2. The minimum absolute atomic E-state index is 0.300. The Morgan fingerprint density at radius 1 is 1.03 bits per heavy atom. The minimum Gasteiger partial charge on any atom is -0.473 e. The van der Waals surface area contributed by atoms with E-state index in [1.807, 2.05) is 43.3 Å².